The Kier molecular flexibility index (Phi) is 7.95. The largest absolute Gasteiger partial charge is 0.369 e. The summed E-state index contributed by atoms with van der Waals surface area (Å²) in [5.41, 5.74) is 2.37. The lowest BCUT2D eigenvalue weighted by Crippen LogP contribution is -2.44. The molecule has 5 nitrogen and oxygen atoms in total. The van der Waals surface area contributed by atoms with E-state index in [0.717, 1.165) is 37.6 Å². The van der Waals surface area contributed by atoms with E-state index in [1.165, 1.54) is 10.7 Å². The third kappa shape index (κ3) is 5.57. The predicted molar refractivity (Wildman–Crippen MR) is 117 cm³/mol. The van der Waals surface area contributed by atoms with Crippen molar-refractivity contribution in [1.29, 1.82) is 0 Å². The molecule has 0 bridgehead atoms. The second kappa shape index (κ2) is 9.96. The summed E-state index contributed by atoms with van der Waals surface area (Å²) < 4.78 is 0. The van der Waals surface area contributed by atoms with Gasteiger partial charge >= 0.3 is 0 Å². The van der Waals surface area contributed by atoms with E-state index in [1.807, 2.05) is 7.05 Å². The molecule has 1 aromatic heterocycles. The highest BCUT2D eigenvalue weighted by molar-refractivity contribution is 14.0. The van der Waals surface area contributed by atoms with Crippen molar-refractivity contribution in [2.75, 3.05) is 25.0 Å². The van der Waals surface area contributed by atoms with Gasteiger partial charge in [0.1, 0.15) is 0 Å². The van der Waals surface area contributed by atoms with E-state index < -0.39 is 0 Å². The van der Waals surface area contributed by atoms with Gasteiger partial charge < -0.3 is 15.5 Å². The Hall–Kier alpha value is -1.35. The van der Waals surface area contributed by atoms with Crippen LogP contribution in [0.5, 0.6) is 0 Å². The first-order valence-electron chi connectivity index (χ1n) is 8.49. The molecule has 1 aromatic carbocycles. The zero-order valence-corrected chi connectivity index (χ0v) is 17.9. The van der Waals surface area contributed by atoms with Gasteiger partial charge in [-0.15, -0.1) is 35.3 Å². The van der Waals surface area contributed by atoms with Crippen LogP contribution in [0.1, 0.15) is 24.0 Å². The average Bonchev–Trinajstić information content (AvgIpc) is 3.28. The zero-order chi connectivity index (χ0) is 16.8. The summed E-state index contributed by atoms with van der Waals surface area (Å²) in [6, 6.07) is 11.0. The van der Waals surface area contributed by atoms with Gasteiger partial charge in [0.05, 0.1) is 17.2 Å². The van der Waals surface area contributed by atoms with Gasteiger partial charge in [-0.3, -0.25) is 4.99 Å². The van der Waals surface area contributed by atoms with Crippen molar-refractivity contribution < 1.29 is 0 Å². The van der Waals surface area contributed by atoms with Crippen LogP contribution in [0.2, 0.25) is 0 Å². The van der Waals surface area contributed by atoms with E-state index >= 15 is 0 Å². The molecule has 1 aliphatic heterocycles. The number of guanidine groups is 1. The van der Waals surface area contributed by atoms with Crippen LogP contribution < -0.4 is 15.5 Å². The third-order valence-corrected chi connectivity index (χ3v) is 5.25. The second-order valence-electron chi connectivity index (χ2n) is 5.92. The molecule has 136 valence electrons. The number of aryl methyl sites for hydroxylation is 1. The topological polar surface area (TPSA) is 52.6 Å². The molecular weight excluding hydrogens is 445 g/mol. The minimum Gasteiger partial charge on any atom is -0.369 e. The van der Waals surface area contributed by atoms with Gasteiger partial charge in [0.25, 0.3) is 0 Å². The van der Waals surface area contributed by atoms with Crippen LogP contribution in [0.3, 0.4) is 0 Å². The number of aliphatic imine (C=N–C) groups is 1. The maximum atomic E-state index is 4.58. The minimum absolute atomic E-state index is 0. The van der Waals surface area contributed by atoms with E-state index in [9.17, 15) is 0 Å². The number of rotatable bonds is 5. The van der Waals surface area contributed by atoms with Crippen LogP contribution in [-0.4, -0.2) is 37.1 Å². The normalized spacial score (nSPS) is 17.3. The van der Waals surface area contributed by atoms with E-state index in [1.54, 1.807) is 11.3 Å². The van der Waals surface area contributed by atoms with Crippen molar-refractivity contribution in [3.8, 4) is 0 Å². The highest BCUT2D eigenvalue weighted by Gasteiger charge is 2.23. The average molecular weight is 471 g/mol. The van der Waals surface area contributed by atoms with Gasteiger partial charge in [-0.1, -0.05) is 25.1 Å². The van der Waals surface area contributed by atoms with E-state index in [-0.39, 0.29) is 24.0 Å². The monoisotopic (exact) mass is 471 g/mol. The van der Waals surface area contributed by atoms with Gasteiger partial charge in [-0.05, 0) is 25.0 Å². The van der Waals surface area contributed by atoms with Crippen LogP contribution in [-0.2, 0) is 13.0 Å². The third-order valence-electron chi connectivity index (χ3n) is 4.21. The fraction of sp³-hybridized carbons (Fsp3) is 0.444. The maximum Gasteiger partial charge on any atom is 0.191 e. The molecular formula is C18H26IN5S. The van der Waals surface area contributed by atoms with Gasteiger partial charge in [0, 0.05) is 37.2 Å². The number of nitrogens with zero attached hydrogens (tertiary/aromatic N) is 3. The molecule has 0 aliphatic carbocycles. The fourth-order valence-electron chi connectivity index (χ4n) is 2.91. The number of anilines is 1. The Labute approximate surface area is 171 Å². The summed E-state index contributed by atoms with van der Waals surface area (Å²) in [5, 5.41) is 10.2. The number of nitrogens with one attached hydrogen (secondary N) is 2. The van der Waals surface area contributed by atoms with Crippen molar-refractivity contribution in [1.82, 2.24) is 15.6 Å². The molecule has 2 aromatic rings. The van der Waals surface area contributed by atoms with Gasteiger partial charge in [-0.2, -0.15) is 0 Å². The van der Waals surface area contributed by atoms with Gasteiger partial charge in [-0.25, -0.2) is 4.98 Å². The van der Waals surface area contributed by atoms with Crippen LogP contribution >= 0.6 is 35.3 Å². The van der Waals surface area contributed by atoms with Gasteiger partial charge in [0.15, 0.2) is 5.96 Å². The van der Waals surface area contributed by atoms with Crippen molar-refractivity contribution in [3.63, 3.8) is 0 Å². The van der Waals surface area contributed by atoms with E-state index in [2.05, 4.69) is 68.1 Å². The Morgan fingerprint density at radius 2 is 2.16 bits per heavy atom. The molecule has 1 fully saturated rings. The number of halogens is 1. The molecule has 1 unspecified atom stereocenters. The van der Waals surface area contributed by atoms with Crippen LogP contribution in [0.25, 0.3) is 0 Å². The molecule has 1 aliphatic rings. The standard InChI is InChI=1S/C18H25N5S.HI/c1-3-17-21-15(13-24-17)11-20-18(19-2)22-14-9-10-23(12-14)16-7-5-4-6-8-16;/h4-8,13-14H,3,9-12H2,1-2H3,(H2,19,20,22);1H. The van der Waals surface area contributed by atoms with Crippen LogP contribution in [0, 0.1) is 0 Å². The van der Waals surface area contributed by atoms with Crippen LogP contribution in [0.15, 0.2) is 40.7 Å². The number of para-hydroxylation sites is 1. The Bertz CT molecular complexity index is 673. The lowest BCUT2D eigenvalue weighted by Gasteiger charge is -2.20. The number of benzene rings is 1. The molecule has 25 heavy (non-hydrogen) atoms. The molecule has 1 atom stereocenters. The molecule has 0 saturated carbocycles. The molecule has 2 N–H and O–H groups in total. The number of hydrogen-bond acceptors (Lipinski definition) is 4. The van der Waals surface area contributed by atoms with Crippen LogP contribution in [0.4, 0.5) is 5.69 Å². The first-order chi connectivity index (χ1) is 11.8. The zero-order valence-electron chi connectivity index (χ0n) is 14.7. The number of hydrogen-bond donors (Lipinski definition) is 2. The van der Waals surface area contributed by atoms with E-state index in [4.69, 9.17) is 0 Å². The lowest BCUT2D eigenvalue weighted by molar-refractivity contribution is 0.647. The minimum atomic E-state index is 0. The highest BCUT2D eigenvalue weighted by Crippen LogP contribution is 2.19. The predicted octanol–water partition coefficient (Wildman–Crippen LogP) is 3.27. The smallest absolute Gasteiger partial charge is 0.191 e. The number of thiazole rings is 1. The molecule has 2 heterocycles. The molecule has 1 saturated heterocycles. The first kappa shape index (κ1) is 20.0. The van der Waals surface area contributed by atoms with Crippen molar-refractivity contribution in [3.05, 3.63) is 46.4 Å². The SMILES string of the molecule is CCc1nc(CNC(=NC)NC2CCN(c3ccccc3)C2)cs1.I. The highest BCUT2D eigenvalue weighted by atomic mass is 127. The number of aromatic nitrogens is 1. The summed E-state index contributed by atoms with van der Waals surface area (Å²) in [4.78, 5) is 11.3. The fourth-order valence-corrected chi connectivity index (χ4v) is 3.65. The summed E-state index contributed by atoms with van der Waals surface area (Å²) >= 11 is 1.72. The summed E-state index contributed by atoms with van der Waals surface area (Å²) in [5.74, 6) is 0.848. The summed E-state index contributed by atoms with van der Waals surface area (Å²) in [7, 11) is 1.82. The maximum absolute atomic E-state index is 4.58. The Morgan fingerprint density at radius 3 is 2.84 bits per heavy atom. The molecule has 0 spiro atoms. The Balaban J connectivity index is 0.00000225. The van der Waals surface area contributed by atoms with Gasteiger partial charge in [0.2, 0.25) is 0 Å². The van der Waals surface area contributed by atoms with Crippen molar-refractivity contribution in [2.45, 2.75) is 32.4 Å². The molecule has 0 amide bonds. The van der Waals surface area contributed by atoms with Crippen molar-refractivity contribution >= 4 is 47.0 Å². The molecule has 0 radical (unpaired) electrons. The lowest BCUT2D eigenvalue weighted by atomic mass is 10.3. The second-order valence-corrected chi connectivity index (χ2v) is 6.87. The molecule has 7 heteroatoms. The summed E-state index contributed by atoms with van der Waals surface area (Å²) in [6.45, 7) is 4.92. The van der Waals surface area contributed by atoms with E-state index in [0.29, 0.717) is 12.6 Å². The summed E-state index contributed by atoms with van der Waals surface area (Å²) in [6.07, 6.45) is 2.11. The quantitative estimate of drug-likeness (QED) is 0.400. The molecule has 3 rings (SSSR count). The van der Waals surface area contributed by atoms with Crippen molar-refractivity contribution in [2.24, 2.45) is 4.99 Å². The Morgan fingerprint density at radius 1 is 1.36 bits per heavy atom. The first-order valence-corrected chi connectivity index (χ1v) is 9.37.